The molecule has 3 heterocycles. The highest BCUT2D eigenvalue weighted by atomic mass is 19.4. The third-order valence-electron chi connectivity index (χ3n) is 7.74. The maximum atomic E-state index is 13.5. The third-order valence-corrected chi connectivity index (χ3v) is 7.74. The summed E-state index contributed by atoms with van der Waals surface area (Å²) in [5, 5.41) is 12.9. The summed E-state index contributed by atoms with van der Waals surface area (Å²) in [5.74, 6) is -2.11. The molecule has 2 N–H and O–H groups in total. The van der Waals surface area contributed by atoms with Gasteiger partial charge in [-0.05, 0) is 37.8 Å². The summed E-state index contributed by atoms with van der Waals surface area (Å²) in [5.41, 5.74) is -1.71. The number of Topliss-reactive ketones (excluding diaryl/α,β-unsaturated/α-hetero) is 1. The number of pyridine rings is 1. The van der Waals surface area contributed by atoms with Crippen LogP contribution in [-0.2, 0) is 27.7 Å². The summed E-state index contributed by atoms with van der Waals surface area (Å²) in [6, 6.07) is 9.63. The molecule has 2 amide bonds. The first-order chi connectivity index (χ1) is 22.2. The van der Waals surface area contributed by atoms with Gasteiger partial charge in [-0.15, -0.1) is 10.2 Å². The fourth-order valence-corrected chi connectivity index (χ4v) is 5.01. The minimum absolute atomic E-state index is 0.0253. The number of carbonyl (C=O) groups excluding carboxylic acids is 3. The van der Waals surface area contributed by atoms with Crippen molar-refractivity contribution < 1.29 is 36.7 Å². The summed E-state index contributed by atoms with van der Waals surface area (Å²) >= 11 is 0. The Kier molecular flexibility index (Phi) is 8.96. The first-order valence-corrected chi connectivity index (χ1v) is 14.5. The monoisotopic (exact) mass is 653 g/mol. The van der Waals surface area contributed by atoms with Crippen LogP contribution in [0.15, 0.2) is 57.9 Å². The molecule has 1 aliphatic carbocycles. The first-order valence-electron chi connectivity index (χ1n) is 14.5. The van der Waals surface area contributed by atoms with Crippen molar-refractivity contribution in [2.45, 2.75) is 57.8 Å². The number of hydrogen-bond donors (Lipinski definition) is 2. The van der Waals surface area contributed by atoms with Gasteiger partial charge in [0.2, 0.25) is 17.6 Å². The zero-order valence-electron chi connectivity index (χ0n) is 25.7. The molecular weight excluding hydrogens is 623 g/mol. The van der Waals surface area contributed by atoms with Gasteiger partial charge in [0.05, 0.1) is 35.5 Å². The van der Waals surface area contributed by atoms with E-state index in [1.165, 1.54) is 13.0 Å². The molecule has 3 aromatic heterocycles. The lowest BCUT2D eigenvalue weighted by Crippen LogP contribution is -2.46. The highest BCUT2D eigenvalue weighted by Crippen LogP contribution is 2.52. The number of hydrogen-bond acceptors (Lipinski definition) is 10. The van der Waals surface area contributed by atoms with Gasteiger partial charge in [-0.2, -0.15) is 13.2 Å². The zero-order valence-corrected chi connectivity index (χ0v) is 25.7. The third kappa shape index (κ3) is 6.76. The molecule has 1 aromatic carbocycles. The number of anilines is 1. The molecule has 0 unspecified atom stereocenters. The summed E-state index contributed by atoms with van der Waals surface area (Å²) in [4.78, 5) is 60.8. The van der Waals surface area contributed by atoms with E-state index in [1.54, 1.807) is 44.2 Å². The van der Waals surface area contributed by atoms with Crippen molar-refractivity contribution in [3.8, 4) is 11.4 Å². The van der Waals surface area contributed by atoms with E-state index in [0.29, 0.717) is 24.1 Å². The smallest absolute Gasteiger partial charge is 0.417 e. The van der Waals surface area contributed by atoms with Crippen molar-refractivity contribution in [1.29, 1.82) is 0 Å². The first kappa shape index (κ1) is 33.0. The van der Waals surface area contributed by atoms with E-state index in [9.17, 15) is 32.3 Å². The predicted molar refractivity (Wildman–Crippen MR) is 159 cm³/mol. The second-order valence-electron chi connectivity index (χ2n) is 11.3. The average molecular weight is 654 g/mol. The van der Waals surface area contributed by atoms with Crippen LogP contribution in [0.3, 0.4) is 0 Å². The summed E-state index contributed by atoms with van der Waals surface area (Å²) in [6.45, 7) is 4.32. The highest BCUT2D eigenvalue weighted by molar-refractivity contribution is 5.98. The molecule has 16 heteroatoms. The molecule has 13 nitrogen and oxygen atoms in total. The van der Waals surface area contributed by atoms with Crippen molar-refractivity contribution in [1.82, 2.24) is 30.0 Å². The van der Waals surface area contributed by atoms with Gasteiger partial charge in [-0.1, -0.05) is 44.2 Å². The van der Waals surface area contributed by atoms with Crippen molar-refractivity contribution in [3.05, 3.63) is 87.7 Å². The Bertz CT molecular complexity index is 1870. The van der Waals surface area contributed by atoms with Gasteiger partial charge in [0.15, 0.2) is 0 Å². The van der Waals surface area contributed by atoms with Crippen molar-refractivity contribution in [3.63, 3.8) is 0 Å². The summed E-state index contributed by atoms with van der Waals surface area (Å²) in [6.07, 6.45) is -3.77. The minimum Gasteiger partial charge on any atom is -0.453 e. The topological polar surface area (TPSA) is 171 Å². The van der Waals surface area contributed by atoms with E-state index in [-0.39, 0.29) is 23.1 Å². The second kappa shape index (κ2) is 12.8. The van der Waals surface area contributed by atoms with Crippen molar-refractivity contribution in [2.75, 3.05) is 12.4 Å². The Morgan fingerprint density at radius 2 is 1.79 bits per heavy atom. The molecule has 1 saturated carbocycles. The van der Waals surface area contributed by atoms with Gasteiger partial charge >= 0.3 is 12.3 Å². The van der Waals surface area contributed by atoms with Gasteiger partial charge < -0.3 is 14.5 Å². The zero-order chi connectivity index (χ0) is 34.1. The van der Waals surface area contributed by atoms with E-state index in [0.717, 1.165) is 23.9 Å². The number of rotatable bonds is 10. The Morgan fingerprint density at radius 3 is 2.36 bits per heavy atom. The molecule has 0 radical (unpaired) electrons. The molecule has 0 spiro atoms. The SMILES string of the molecule is COC(=O)Nc1c(C)nc(-c2ccccc2)n(CC(=O)N[C@H](C(=O)c2nnc(C3(c4ccc(C(F)(F)F)cn4)CC3)o2)C(C)C)c1=O. The molecule has 0 aliphatic heterocycles. The number of ether oxygens (including phenoxy) is 1. The standard InChI is InChI=1S/C31H30F3N7O6/c1-16(2)22(24(43)26-39-40-28(47-26)30(12-13-30)20-11-10-19(14-35-20)31(32,33)34)37-21(42)15-41-25(18-8-6-5-7-9-18)36-17(3)23(27(41)44)38-29(45)46-4/h5-11,14,16,22H,12-13,15H2,1-4H3,(H,37,42)(H,38,45)/t22-/m0/s1. The second-order valence-corrected chi connectivity index (χ2v) is 11.3. The molecule has 5 rings (SSSR count). The van der Waals surface area contributed by atoms with Gasteiger partial charge in [0.1, 0.15) is 18.1 Å². The number of nitrogens with one attached hydrogen (secondary N) is 2. The number of methoxy groups -OCH3 is 1. The predicted octanol–water partition coefficient (Wildman–Crippen LogP) is 4.30. The molecule has 47 heavy (non-hydrogen) atoms. The number of aromatic nitrogens is 5. The Hall–Kier alpha value is -5.41. The molecule has 0 saturated heterocycles. The average Bonchev–Trinajstić information content (AvgIpc) is 3.70. The summed E-state index contributed by atoms with van der Waals surface area (Å²) < 4.78 is 50.5. The van der Waals surface area contributed by atoms with E-state index < -0.39 is 64.9 Å². The van der Waals surface area contributed by atoms with Crippen LogP contribution in [0.2, 0.25) is 0 Å². The Balaban J connectivity index is 1.39. The maximum absolute atomic E-state index is 13.5. The van der Waals surface area contributed by atoms with Gasteiger partial charge in [0, 0.05) is 11.8 Å². The number of amides is 2. The van der Waals surface area contributed by atoms with Crippen molar-refractivity contribution in [2.24, 2.45) is 5.92 Å². The van der Waals surface area contributed by atoms with E-state index in [2.05, 4.69) is 35.5 Å². The lowest BCUT2D eigenvalue weighted by molar-refractivity contribution is -0.137. The Labute approximate surface area is 265 Å². The molecule has 1 atom stereocenters. The lowest BCUT2D eigenvalue weighted by atomic mass is 9.99. The van der Waals surface area contributed by atoms with Crippen LogP contribution >= 0.6 is 0 Å². The van der Waals surface area contributed by atoms with Crippen LogP contribution in [0.5, 0.6) is 0 Å². The quantitative estimate of drug-likeness (QED) is 0.235. The fourth-order valence-electron chi connectivity index (χ4n) is 5.01. The number of alkyl halides is 3. The fraction of sp³-hybridized carbons (Fsp3) is 0.355. The highest BCUT2D eigenvalue weighted by Gasteiger charge is 2.52. The van der Waals surface area contributed by atoms with Crippen LogP contribution in [0.4, 0.5) is 23.7 Å². The van der Waals surface area contributed by atoms with Crippen LogP contribution in [-0.4, -0.2) is 55.7 Å². The molecular formula is C31H30F3N7O6. The molecule has 1 fully saturated rings. The van der Waals surface area contributed by atoms with E-state index >= 15 is 0 Å². The van der Waals surface area contributed by atoms with Gasteiger partial charge in [0.25, 0.3) is 11.4 Å². The largest absolute Gasteiger partial charge is 0.453 e. The van der Waals surface area contributed by atoms with E-state index in [1.807, 2.05) is 0 Å². The lowest BCUT2D eigenvalue weighted by Gasteiger charge is -2.21. The van der Waals surface area contributed by atoms with E-state index in [4.69, 9.17) is 4.42 Å². The van der Waals surface area contributed by atoms with Crippen molar-refractivity contribution >= 4 is 23.5 Å². The van der Waals surface area contributed by atoms with Crippen LogP contribution in [0.25, 0.3) is 11.4 Å². The molecule has 1 aliphatic rings. The van der Waals surface area contributed by atoms with Gasteiger partial charge in [-0.25, -0.2) is 9.78 Å². The molecule has 4 aromatic rings. The summed E-state index contributed by atoms with van der Waals surface area (Å²) in [7, 11) is 1.13. The number of aryl methyl sites for hydroxylation is 1. The Morgan fingerprint density at radius 1 is 1.09 bits per heavy atom. The number of nitrogens with zero attached hydrogens (tertiary/aromatic N) is 5. The number of benzene rings is 1. The van der Waals surface area contributed by atoms with Crippen LogP contribution < -0.4 is 16.2 Å². The number of carbonyl (C=O) groups is 3. The maximum Gasteiger partial charge on any atom is 0.417 e. The number of ketones is 1. The number of halogens is 3. The molecule has 0 bridgehead atoms. The normalized spacial score (nSPS) is 14.4. The minimum atomic E-state index is -4.54. The molecule has 246 valence electrons. The van der Waals surface area contributed by atoms with Crippen LogP contribution in [0, 0.1) is 12.8 Å². The van der Waals surface area contributed by atoms with Gasteiger partial charge in [-0.3, -0.25) is 29.3 Å². The van der Waals surface area contributed by atoms with Crippen LogP contribution in [0.1, 0.15) is 60.2 Å².